The summed E-state index contributed by atoms with van der Waals surface area (Å²) < 4.78 is 13.9. The second-order valence-electron chi connectivity index (χ2n) is 8.37. The largest absolute Gasteiger partial charge is 0.391 e. The number of aliphatic hydroxyl groups is 1. The number of hydrogen-bond acceptors (Lipinski definition) is 5. The molecule has 2 amide bonds. The van der Waals surface area contributed by atoms with Gasteiger partial charge in [-0.15, -0.1) is 0 Å². The zero-order valence-electron chi connectivity index (χ0n) is 18.0. The number of nitrogens with one attached hydrogen (secondary N) is 1. The maximum absolute atomic E-state index is 13.9. The number of aliphatic hydroxyl groups excluding tert-OH is 1. The smallest absolute Gasteiger partial charge is 0.243 e. The van der Waals surface area contributed by atoms with Gasteiger partial charge in [0.05, 0.1) is 24.4 Å². The number of rotatable bonds is 6. The van der Waals surface area contributed by atoms with Crippen LogP contribution in [0.25, 0.3) is 11.1 Å². The van der Waals surface area contributed by atoms with Crippen LogP contribution in [0.5, 0.6) is 0 Å². The summed E-state index contributed by atoms with van der Waals surface area (Å²) in [6.45, 7) is 5.61. The first-order valence-corrected chi connectivity index (χ1v) is 10.4. The summed E-state index contributed by atoms with van der Waals surface area (Å²) >= 11 is 0. The number of β-amino-alcohol motifs (C(OH)–C–C–N with tert-alkyl or cyclic N) is 1. The maximum atomic E-state index is 13.9. The van der Waals surface area contributed by atoms with E-state index in [-0.39, 0.29) is 36.7 Å². The van der Waals surface area contributed by atoms with Crippen LogP contribution in [-0.4, -0.2) is 51.5 Å². The van der Waals surface area contributed by atoms with Gasteiger partial charge < -0.3 is 21.1 Å². The Kier molecular flexibility index (Phi) is 7.02. The van der Waals surface area contributed by atoms with Gasteiger partial charge in [0, 0.05) is 24.7 Å². The molecule has 31 heavy (non-hydrogen) atoms. The van der Waals surface area contributed by atoms with E-state index in [4.69, 9.17) is 5.73 Å². The van der Waals surface area contributed by atoms with E-state index in [1.165, 1.54) is 17.3 Å². The number of amides is 2. The van der Waals surface area contributed by atoms with Gasteiger partial charge in [-0.1, -0.05) is 38.1 Å². The first-order valence-electron chi connectivity index (χ1n) is 10.4. The third-order valence-electron chi connectivity index (χ3n) is 5.72. The van der Waals surface area contributed by atoms with Crippen LogP contribution in [0.3, 0.4) is 0 Å². The van der Waals surface area contributed by atoms with Gasteiger partial charge in [0.15, 0.2) is 0 Å². The van der Waals surface area contributed by atoms with Crippen molar-refractivity contribution >= 4 is 11.8 Å². The Morgan fingerprint density at radius 3 is 2.52 bits per heavy atom. The number of nitrogens with zero attached hydrogens (tertiary/aromatic N) is 2. The number of nitrogens with two attached hydrogens (primary N) is 1. The van der Waals surface area contributed by atoms with E-state index >= 15 is 0 Å². The number of carbonyl (C=O) groups is 2. The van der Waals surface area contributed by atoms with Crippen molar-refractivity contribution < 1.29 is 19.1 Å². The van der Waals surface area contributed by atoms with Gasteiger partial charge in [-0.05, 0) is 30.0 Å². The molecule has 0 unspecified atom stereocenters. The molecule has 8 heteroatoms. The van der Waals surface area contributed by atoms with E-state index in [2.05, 4.69) is 10.3 Å². The lowest BCUT2D eigenvalue weighted by molar-refractivity contribution is -0.140. The van der Waals surface area contributed by atoms with Crippen LogP contribution in [0.1, 0.15) is 38.8 Å². The Balaban J connectivity index is 1.69. The molecule has 1 saturated heterocycles. The number of halogens is 1. The average Bonchev–Trinajstić information content (AvgIpc) is 3.15. The summed E-state index contributed by atoms with van der Waals surface area (Å²) in [7, 11) is 0. The third kappa shape index (κ3) is 5.08. The van der Waals surface area contributed by atoms with E-state index in [0.29, 0.717) is 11.1 Å². The van der Waals surface area contributed by atoms with Gasteiger partial charge in [-0.25, -0.2) is 4.39 Å². The fourth-order valence-corrected chi connectivity index (χ4v) is 3.74. The maximum Gasteiger partial charge on any atom is 0.243 e. The van der Waals surface area contributed by atoms with E-state index in [0.717, 1.165) is 5.56 Å². The predicted molar refractivity (Wildman–Crippen MR) is 115 cm³/mol. The Morgan fingerprint density at radius 1 is 1.23 bits per heavy atom. The van der Waals surface area contributed by atoms with Gasteiger partial charge in [0.25, 0.3) is 0 Å². The number of carbonyl (C=O) groups excluding carboxylic acids is 2. The van der Waals surface area contributed by atoms with Crippen LogP contribution < -0.4 is 11.1 Å². The normalized spacial score (nSPS) is 20.5. The molecule has 0 radical (unpaired) electrons. The van der Waals surface area contributed by atoms with Gasteiger partial charge in [-0.3, -0.25) is 14.6 Å². The lowest BCUT2D eigenvalue weighted by atomic mass is 10.0. The number of pyridine rings is 1. The van der Waals surface area contributed by atoms with Crippen LogP contribution in [0.15, 0.2) is 42.7 Å². The molecule has 2 aromatic rings. The molecule has 0 aliphatic carbocycles. The molecule has 0 spiro atoms. The summed E-state index contributed by atoms with van der Waals surface area (Å²) in [4.78, 5) is 30.7. The summed E-state index contributed by atoms with van der Waals surface area (Å²) in [5.74, 6) is -1.14. The molecule has 4 N–H and O–H groups in total. The molecule has 1 fully saturated rings. The van der Waals surface area contributed by atoms with Crippen molar-refractivity contribution in [3.63, 3.8) is 0 Å². The van der Waals surface area contributed by atoms with E-state index in [1.807, 2.05) is 32.9 Å². The molecule has 3 rings (SSSR count). The summed E-state index contributed by atoms with van der Waals surface area (Å²) in [5.41, 5.74) is 7.97. The quantitative estimate of drug-likeness (QED) is 0.652. The van der Waals surface area contributed by atoms with E-state index in [1.54, 1.807) is 18.2 Å². The molecule has 1 aromatic carbocycles. The van der Waals surface area contributed by atoms with Crippen molar-refractivity contribution in [2.45, 2.75) is 51.4 Å². The van der Waals surface area contributed by atoms with Crippen LogP contribution in [0, 0.1) is 11.7 Å². The topological polar surface area (TPSA) is 109 Å². The fourth-order valence-electron chi connectivity index (χ4n) is 3.74. The fraction of sp³-hybridized carbons (Fsp3) is 0.435. The minimum absolute atomic E-state index is 0.0726. The zero-order valence-corrected chi connectivity index (χ0v) is 18.0. The van der Waals surface area contributed by atoms with Gasteiger partial charge >= 0.3 is 0 Å². The lowest BCUT2D eigenvalue weighted by Crippen LogP contribution is -2.52. The minimum Gasteiger partial charge on any atom is -0.391 e. The molecule has 166 valence electrons. The first-order chi connectivity index (χ1) is 14.7. The van der Waals surface area contributed by atoms with Crippen molar-refractivity contribution in [1.82, 2.24) is 15.2 Å². The second-order valence-corrected chi connectivity index (χ2v) is 8.37. The molecular formula is C23H29FN4O3. The van der Waals surface area contributed by atoms with Crippen LogP contribution in [0.2, 0.25) is 0 Å². The van der Waals surface area contributed by atoms with Gasteiger partial charge in [-0.2, -0.15) is 0 Å². The highest BCUT2D eigenvalue weighted by molar-refractivity contribution is 5.90. The molecule has 1 aliphatic heterocycles. The number of hydrogen-bond donors (Lipinski definition) is 3. The van der Waals surface area contributed by atoms with Crippen molar-refractivity contribution in [2.75, 3.05) is 6.54 Å². The Hall–Kier alpha value is -2.84. The van der Waals surface area contributed by atoms with E-state index < -0.39 is 24.0 Å². The highest BCUT2D eigenvalue weighted by Gasteiger charge is 2.41. The van der Waals surface area contributed by atoms with Crippen LogP contribution >= 0.6 is 0 Å². The number of benzene rings is 1. The average molecular weight is 429 g/mol. The lowest BCUT2D eigenvalue weighted by Gasteiger charge is -2.28. The highest BCUT2D eigenvalue weighted by Crippen LogP contribution is 2.25. The number of aromatic nitrogens is 1. The Morgan fingerprint density at radius 2 is 1.90 bits per heavy atom. The SMILES string of the molecule is CC(C)[C@H](N)C(=O)N1C[C@H](O)C[C@H]1C(=O)N[C@@H](C)c1ccc(-c2ccncc2F)cc1. The molecule has 1 aliphatic rings. The zero-order chi connectivity index (χ0) is 22.7. The highest BCUT2D eigenvalue weighted by atomic mass is 19.1. The molecule has 1 aromatic heterocycles. The van der Waals surface area contributed by atoms with Gasteiger partial charge in [0.2, 0.25) is 11.8 Å². The van der Waals surface area contributed by atoms with Crippen LogP contribution in [0.4, 0.5) is 4.39 Å². The summed E-state index contributed by atoms with van der Waals surface area (Å²) in [6.07, 6.45) is 2.11. The Bertz CT molecular complexity index is 935. The van der Waals surface area contributed by atoms with Crippen molar-refractivity contribution in [2.24, 2.45) is 11.7 Å². The van der Waals surface area contributed by atoms with Crippen molar-refractivity contribution in [3.05, 3.63) is 54.1 Å². The first kappa shape index (κ1) is 22.8. The standard InChI is InChI=1S/C23H29FN4O3/c1-13(2)21(25)23(31)28-12-17(29)10-20(28)22(30)27-14(3)15-4-6-16(7-5-15)18-8-9-26-11-19(18)24/h4-9,11,13-14,17,20-21,29H,10,12,25H2,1-3H3,(H,27,30)/t14-,17+,20-,21-/m0/s1. The van der Waals surface area contributed by atoms with Crippen molar-refractivity contribution in [3.8, 4) is 11.1 Å². The van der Waals surface area contributed by atoms with E-state index in [9.17, 15) is 19.1 Å². The Labute approximate surface area is 181 Å². The monoisotopic (exact) mass is 428 g/mol. The minimum atomic E-state index is -0.764. The second kappa shape index (κ2) is 9.53. The summed E-state index contributed by atoms with van der Waals surface area (Å²) in [5, 5.41) is 13.0. The molecular weight excluding hydrogens is 399 g/mol. The van der Waals surface area contributed by atoms with Gasteiger partial charge in [0.1, 0.15) is 11.9 Å². The molecule has 7 nitrogen and oxygen atoms in total. The van der Waals surface area contributed by atoms with Crippen molar-refractivity contribution in [1.29, 1.82) is 0 Å². The molecule has 4 atom stereocenters. The summed E-state index contributed by atoms with van der Waals surface area (Å²) in [6, 6.07) is 6.99. The predicted octanol–water partition coefficient (Wildman–Crippen LogP) is 2.01. The number of likely N-dealkylation sites (tertiary alicyclic amines) is 1. The third-order valence-corrected chi connectivity index (χ3v) is 5.72. The van der Waals surface area contributed by atoms with Crippen LogP contribution in [-0.2, 0) is 9.59 Å². The molecule has 2 heterocycles. The molecule has 0 saturated carbocycles. The molecule has 0 bridgehead atoms.